The van der Waals surface area contributed by atoms with E-state index in [9.17, 15) is 0 Å². The van der Waals surface area contributed by atoms with E-state index >= 15 is 0 Å². The third kappa shape index (κ3) is 9.80. The molecule has 8 nitrogen and oxygen atoms in total. The lowest BCUT2D eigenvalue weighted by molar-refractivity contribution is -0.159. The van der Waals surface area contributed by atoms with Crippen molar-refractivity contribution < 1.29 is 29.3 Å². The molecule has 1 aliphatic heterocycles. The highest BCUT2D eigenvalue weighted by molar-refractivity contribution is 6.27. The fourth-order valence-corrected chi connectivity index (χ4v) is 3.18. The predicted octanol–water partition coefficient (Wildman–Crippen LogP) is 2.83. The Kier molecular flexibility index (Phi) is 11.1. The lowest BCUT2D eigenvalue weighted by Gasteiger charge is -2.33. The first-order valence-corrected chi connectivity index (χ1v) is 10.8. The van der Waals surface area contributed by atoms with Gasteiger partial charge in [0.25, 0.3) is 0 Å². The molecule has 0 atom stereocenters. The van der Waals surface area contributed by atoms with Gasteiger partial charge in [-0.25, -0.2) is 9.59 Å². The number of hydrogen-bond acceptors (Lipinski definition) is 6. The van der Waals surface area contributed by atoms with Crippen molar-refractivity contribution in [3.05, 3.63) is 60.2 Å². The molecule has 3 rings (SSSR count). The summed E-state index contributed by atoms with van der Waals surface area (Å²) in [4.78, 5) is 23.2. The number of rotatable bonds is 9. The standard InChI is InChI=1S/C22H30N2O2.C2H2O4/c1-2-23-14-16-24(17-15-23)13-6-18-25-21-9-11-22(12-10-21)26-19-20-7-4-3-5-8-20;3-1(4)2(5)6/h3-5,7-12H,2,6,13-19H2,1H3;(H,3,4)(H,5,6). The average molecular weight is 445 g/mol. The second-order valence-corrected chi connectivity index (χ2v) is 7.33. The van der Waals surface area contributed by atoms with Gasteiger partial charge in [-0.2, -0.15) is 0 Å². The Balaban J connectivity index is 0.000000534. The first-order chi connectivity index (χ1) is 15.5. The summed E-state index contributed by atoms with van der Waals surface area (Å²) in [5.74, 6) is -1.87. The molecular formula is C24H32N2O6. The zero-order valence-corrected chi connectivity index (χ0v) is 18.5. The van der Waals surface area contributed by atoms with Crippen LogP contribution in [0.4, 0.5) is 0 Å². The highest BCUT2D eigenvalue weighted by Crippen LogP contribution is 2.19. The van der Waals surface area contributed by atoms with Gasteiger partial charge >= 0.3 is 11.9 Å². The van der Waals surface area contributed by atoms with Crippen LogP contribution in [-0.4, -0.2) is 77.8 Å². The van der Waals surface area contributed by atoms with Crippen molar-refractivity contribution in [1.82, 2.24) is 9.80 Å². The fourth-order valence-electron chi connectivity index (χ4n) is 3.18. The third-order valence-corrected chi connectivity index (χ3v) is 5.05. The van der Waals surface area contributed by atoms with Crippen molar-refractivity contribution in [1.29, 1.82) is 0 Å². The SMILES string of the molecule is CCN1CCN(CCCOc2ccc(OCc3ccccc3)cc2)CC1.O=C(O)C(=O)O. The Morgan fingerprint density at radius 2 is 1.34 bits per heavy atom. The van der Waals surface area contributed by atoms with Crippen LogP contribution < -0.4 is 9.47 Å². The molecule has 0 spiro atoms. The molecule has 2 N–H and O–H groups in total. The average Bonchev–Trinajstić information content (AvgIpc) is 2.82. The number of hydrogen-bond donors (Lipinski definition) is 2. The topological polar surface area (TPSA) is 99.5 Å². The summed E-state index contributed by atoms with van der Waals surface area (Å²) >= 11 is 0. The van der Waals surface area contributed by atoms with E-state index in [-0.39, 0.29) is 0 Å². The first kappa shape index (κ1) is 25.2. The molecule has 0 radical (unpaired) electrons. The second kappa shape index (κ2) is 14.1. The molecule has 0 saturated carbocycles. The minimum atomic E-state index is -1.82. The molecule has 0 unspecified atom stereocenters. The quantitative estimate of drug-likeness (QED) is 0.450. The fraction of sp³-hybridized carbons (Fsp3) is 0.417. The van der Waals surface area contributed by atoms with Gasteiger partial charge in [0.1, 0.15) is 18.1 Å². The maximum Gasteiger partial charge on any atom is 0.414 e. The molecule has 8 heteroatoms. The zero-order chi connectivity index (χ0) is 23.2. The summed E-state index contributed by atoms with van der Waals surface area (Å²) in [6.07, 6.45) is 1.07. The molecule has 174 valence electrons. The van der Waals surface area contributed by atoms with Crippen LogP contribution in [0.2, 0.25) is 0 Å². The summed E-state index contributed by atoms with van der Waals surface area (Å²) in [6.45, 7) is 10.6. The molecule has 2 aromatic rings. The monoisotopic (exact) mass is 444 g/mol. The van der Waals surface area contributed by atoms with Crippen LogP contribution in [0.5, 0.6) is 11.5 Å². The van der Waals surface area contributed by atoms with E-state index in [1.165, 1.54) is 38.3 Å². The lowest BCUT2D eigenvalue weighted by atomic mass is 10.2. The van der Waals surface area contributed by atoms with Crippen molar-refractivity contribution in [2.75, 3.05) is 45.9 Å². The Morgan fingerprint density at radius 1 is 0.812 bits per heavy atom. The van der Waals surface area contributed by atoms with Crippen molar-refractivity contribution in [2.45, 2.75) is 20.0 Å². The number of piperazine rings is 1. The number of carboxylic acids is 2. The molecule has 0 aromatic heterocycles. The zero-order valence-electron chi connectivity index (χ0n) is 18.5. The molecule has 32 heavy (non-hydrogen) atoms. The summed E-state index contributed by atoms with van der Waals surface area (Å²) in [5.41, 5.74) is 1.17. The molecule has 1 fully saturated rings. The molecule has 1 aliphatic rings. The maximum absolute atomic E-state index is 9.10. The number of carbonyl (C=O) groups is 2. The van der Waals surface area contributed by atoms with Gasteiger partial charge in [0.2, 0.25) is 0 Å². The number of likely N-dealkylation sites (N-methyl/N-ethyl adjacent to an activating group) is 1. The summed E-state index contributed by atoms with van der Waals surface area (Å²) in [5, 5.41) is 14.8. The van der Waals surface area contributed by atoms with E-state index in [0.717, 1.165) is 31.1 Å². The highest BCUT2D eigenvalue weighted by Gasteiger charge is 2.14. The van der Waals surface area contributed by atoms with Crippen molar-refractivity contribution in [3.63, 3.8) is 0 Å². The second-order valence-electron chi connectivity index (χ2n) is 7.33. The molecule has 1 saturated heterocycles. The smallest absolute Gasteiger partial charge is 0.414 e. The van der Waals surface area contributed by atoms with E-state index < -0.39 is 11.9 Å². The van der Waals surface area contributed by atoms with Gasteiger partial charge in [0.15, 0.2) is 0 Å². The van der Waals surface area contributed by atoms with Gasteiger partial charge in [0, 0.05) is 32.7 Å². The molecular weight excluding hydrogens is 412 g/mol. The number of aliphatic carboxylic acids is 2. The molecule has 0 amide bonds. The van der Waals surface area contributed by atoms with Gasteiger partial charge in [-0.15, -0.1) is 0 Å². The number of benzene rings is 2. The minimum Gasteiger partial charge on any atom is -0.494 e. The first-order valence-electron chi connectivity index (χ1n) is 10.8. The predicted molar refractivity (Wildman–Crippen MR) is 121 cm³/mol. The molecule has 1 heterocycles. The Hall–Kier alpha value is -3.10. The largest absolute Gasteiger partial charge is 0.494 e. The number of nitrogens with zero attached hydrogens (tertiary/aromatic N) is 2. The third-order valence-electron chi connectivity index (χ3n) is 5.05. The molecule has 0 aliphatic carbocycles. The summed E-state index contributed by atoms with van der Waals surface area (Å²) in [7, 11) is 0. The van der Waals surface area contributed by atoms with Crippen LogP contribution >= 0.6 is 0 Å². The van der Waals surface area contributed by atoms with E-state index in [1.54, 1.807) is 0 Å². The van der Waals surface area contributed by atoms with Crippen molar-refractivity contribution in [3.8, 4) is 11.5 Å². The Morgan fingerprint density at radius 3 is 1.88 bits per heavy atom. The van der Waals surface area contributed by atoms with Gasteiger partial charge in [-0.1, -0.05) is 37.3 Å². The van der Waals surface area contributed by atoms with Crippen LogP contribution in [0.15, 0.2) is 54.6 Å². The van der Waals surface area contributed by atoms with E-state index in [2.05, 4.69) is 28.9 Å². The van der Waals surface area contributed by atoms with E-state index in [4.69, 9.17) is 29.3 Å². The van der Waals surface area contributed by atoms with Gasteiger partial charge in [-0.05, 0) is 42.8 Å². The van der Waals surface area contributed by atoms with Gasteiger partial charge in [0.05, 0.1) is 6.61 Å². The van der Waals surface area contributed by atoms with E-state index in [0.29, 0.717) is 6.61 Å². The van der Waals surface area contributed by atoms with Gasteiger partial charge < -0.3 is 29.5 Å². The summed E-state index contributed by atoms with van der Waals surface area (Å²) in [6, 6.07) is 18.1. The van der Waals surface area contributed by atoms with Crippen LogP contribution in [0, 0.1) is 0 Å². The normalized spacial score (nSPS) is 14.2. The van der Waals surface area contributed by atoms with Gasteiger partial charge in [-0.3, -0.25) is 0 Å². The maximum atomic E-state index is 9.10. The van der Waals surface area contributed by atoms with Crippen molar-refractivity contribution in [2.24, 2.45) is 0 Å². The highest BCUT2D eigenvalue weighted by atomic mass is 16.5. The molecule has 0 bridgehead atoms. The number of carboxylic acid groups (broad SMARTS) is 2. The minimum absolute atomic E-state index is 0.590. The lowest BCUT2D eigenvalue weighted by Crippen LogP contribution is -2.46. The Bertz CT molecular complexity index is 793. The van der Waals surface area contributed by atoms with Crippen LogP contribution in [0.1, 0.15) is 18.9 Å². The van der Waals surface area contributed by atoms with Crippen LogP contribution in [-0.2, 0) is 16.2 Å². The summed E-state index contributed by atoms with van der Waals surface area (Å²) < 4.78 is 11.7. The number of ether oxygens (including phenoxy) is 2. The Labute approximate surface area is 189 Å². The van der Waals surface area contributed by atoms with E-state index in [1.807, 2.05) is 42.5 Å². The van der Waals surface area contributed by atoms with Crippen LogP contribution in [0.3, 0.4) is 0 Å². The van der Waals surface area contributed by atoms with Crippen molar-refractivity contribution >= 4 is 11.9 Å². The molecule has 2 aromatic carbocycles. The van der Waals surface area contributed by atoms with Crippen LogP contribution in [0.25, 0.3) is 0 Å².